The van der Waals surface area contributed by atoms with E-state index in [9.17, 15) is 14.4 Å². The molecule has 0 radical (unpaired) electrons. The fraction of sp³-hybridized carbons (Fsp3) is 0.409. The van der Waals surface area contributed by atoms with E-state index in [1.165, 1.54) is 0 Å². The number of piperidine rings is 1. The number of nitrogens with zero attached hydrogens (tertiary/aromatic N) is 4. The van der Waals surface area contributed by atoms with Crippen LogP contribution in [0.1, 0.15) is 34.3 Å². The van der Waals surface area contributed by atoms with Crippen LogP contribution >= 0.6 is 0 Å². The number of carbonyl (C=O) groups excluding carboxylic acids is 3. The van der Waals surface area contributed by atoms with E-state index in [-0.39, 0.29) is 18.2 Å². The highest BCUT2D eigenvalue weighted by Gasteiger charge is 2.39. The molecule has 1 unspecified atom stereocenters. The third-order valence-corrected chi connectivity index (χ3v) is 6.14. The number of anilines is 2. The van der Waals surface area contributed by atoms with Crippen LogP contribution in [0.3, 0.4) is 0 Å². The van der Waals surface area contributed by atoms with Gasteiger partial charge in [0, 0.05) is 51.3 Å². The summed E-state index contributed by atoms with van der Waals surface area (Å²) in [4.78, 5) is 49.1. The molecule has 3 amide bonds. The van der Waals surface area contributed by atoms with Crippen LogP contribution in [0.4, 0.5) is 11.6 Å². The quantitative estimate of drug-likeness (QED) is 0.572. The van der Waals surface area contributed by atoms with Crippen LogP contribution in [-0.2, 0) is 22.7 Å². The van der Waals surface area contributed by atoms with E-state index in [0.717, 1.165) is 43.1 Å². The smallest absolute Gasteiger partial charge is 0.255 e. The second kappa shape index (κ2) is 8.54. The summed E-state index contributed by atoms with van der Waals surface area (Å²) in [6.07, 6.45) is 4.13. The van der Waals surface area contributed by atoms with Gasteiger partial charge in [-0.25, -0.2) is 9.97 Å². The Labute approximate surface area is 185 Å². The first-order chi connectivity index (χ1) is 15.6. The molecule has 1 aromatic carbocycles. The zero-order chi connectivity index (χ0) is 22.1. The Kier molecular flexibility index (Phi) is 5.44. The van der Waals surface area contributed by atoms with Gasteiger partial charge in [-0.3, -0.25) is 19.7 Å². The van der Waals surface area contributed by atoms with Crippen LogP contribution in [0, 0.1) is 0 Å². The minimum Gasteiger partial charge on any atom is -0.365 e. The van der Waals surface area contributed by atoms with E-state index in [4.69, 9.17) is 0 Å². The standard InChI is InChI=1S/C22H25N7O3/c30-20-4-3-17(21(31)27-20)29-13-15-9-14(1-2-16(15)22(29)32)10-24-18-11-26-19(12-25-18)28-7-5-23-6-8-28/h1-2,9,11-12,17,23H,3-8,10,13H2,(H,24,25)(H,27,30,31). The van der Waals surface area contributed by atoms with Crippen molar-refractivity contribution >= 4 is 29.4 Å². The lowest BCUT2D eigenvalue weighted by Crippen LogP contribution is -2.52. The number of aromatic nitrogens is 2. The summed E-state index contributed by atoms with van der Waals surface area (Å²) >= 11 is 0. The van der Waals surface area contributed by atoms with Crippen molar-refractivity contribution in [2.24, 2.45) is 0 Å². The molecular weight excluding hydrogens is 410 g/mol. The predicted octanol–water partition coefficient (Wildman–Crippen LogP) is 0.259. The largest absolute Gasteiger partial charge is 0.365 e. The molecule has 32 heavy (non-hydrogen) atoms. The minimum atomic E-state index is -0.598. The number of carbonyl (C=O) groups is 3. The zero-order valence-electron chi connectivity index (χ0n) is 17.6. The molecule has 3 aliphatic heterocycles. The number of amides is 3. The lowest BCUT2D eigenvalue weighted by molar-refractivity contribution is -0.136. The molecule has 4 heterocycles. The Morgan fingerprint density at radius 3 is 2.69 bits per heavy atom. The second-order valence-electron chi connectivity index (χ2n) is 8.24. The molecule has 3 N–H and O–H groups in total. The van der Waals surface area contributed by atoms with Crippen molar-refractivity contribution in [1.82, 2.24) is 25.5 Å². The van der Waals surface area contributed by atoms with Crippen LogP contribution in [0.2, 0.25) is 0 Å². The van der Waals surface area contributed by atoms with Crippen LogP contribution in [-0.4, -0.2) is 64.8 Å². The first-order valence-electron chi connectivity index (χ1n) is 10.9. The fourth-order valence-corrected chi connectivity index (χ4v) is 4.40. The topological polar surface area (TPSA) is 120 Å². The molecule has 0 saturated carbocycles. The van der Waals surface area contributed by atoms with Gasteiger partial charge >= 0.3 is 0 Å². The third kappa shape index (κ3) is 4.01. The highest BCUT2D eigenvalue weighted by Crippen LogP contribution is 2.28. The average Bonchev–Trinajstić information content (AvgIpc) is 3.14. The number of piperazine rings is 1. The van der Waals surface area contributed by atoms with Gasteiger partial charge < -0.3 is 20.4 Å². The molecule has 2 aromatic rings. The number of rotatable bonds is 5. The summed E-state index contributed by atoms with van der Waals surface area (Å²) in [6.45, 7) is 4.65. The molecule has 166 valence electrons. The Hall–Kier alpha value is -3.53. The van der Waals surface area contributed by atoms with Gasteiger partial charge in [0.15, 0.2) is 0 Å². The Morgan fingerprint density at radius 2 is 1.94 bits per heavy atom. The van der Waals surface area contributed by atoms with Crippen LogP contribution in [0.5, 0.6) is 0 Å². The van der Waals surface area contributed by atoms with E-state index in [2.05, 4.69) is 30.8 Å². The molecule has 10 heteroatoms. The van der Waals surface area contributed by atoms with Gasteiger partial charge in [-0.05, 0) is 23.6 Å². The molecule has 0 bridgehead atoms. The molecule has 2 saturated heterocycles. The fourth-order valence-electron chi connectivity index (χ4n) is 4.40. The maximum Gasteiger partial charge on any atom is 0.255 e. The number of hydrogen-bond acceptors (Lipinski definition) is 8. The summed E-state index contributed by atoms with van der Waals surface area (Å²) in [7, 11) is 0. The van der Waals surface area contributed by atoms with Crippen LogP contribution in [0.25, 0.3) is 0 Å². The minimum absolute atomic E-state index is 0.164. The third-order valence-electron chi connectivity index (χ3n) is 6.14. The summed E-state index contributed by atoms with van der Waals surface area (Å²) in [6, 6.07) is 5.09. The Morgan fingerprint density at radius 1 is 1.09 bits per heavy atom. The van der Waals surface area contributed by atoms with E-state index in [0.29, 0.717) is 30.9 Å². The molecule has 5 rings (SSSR count). The molecule has 2 fully saturated rings. The first-order valence-corrected chi connectivity index (χ1v) is 10.9. The summed E-state index contributed by atoms with van der Waals surface area (Å²) in [5, 5.41) is 8.92. The average molecular weight is 435 g/mol. The van der Waals surface area contributed by atoms with Crippen molar-refractivity contribution < 1.29 is 14.4 Å². The maximum absolute atomic E-state index is 12.8. The highest BCUT2D eigenvalue weighted by atomic mass is 16.2. The molecule has 3 aliphatic rings. The normalized spacial score (nSPS) is 20.9. The van der Waals surface area contributed by atoms with E-state index >= 15 is 0 Å². The monoisotopic (exact) mass is 435 g/mol. The molecule has 0 aliphatic carbocycles. The maximum atomic E-state index is 12.8. The molecule has 1 atom stereocenters. The van der Waals surface area contributed by atoms with Gasteiger partial charge in [0.1, 0.15) is 17.7 Å². The van der Waals surface area contributed by atoms with Gasteiger partial charge in [0.2, 0.25) is 11.8 Å². The Balaban J connectivity index is 1.22. The van der Waals surface area contributed by atoms with Crippen molar-refractivity contribution in [3.05, 3.63) is 47.3 Å². The van der Waals surface area contributed by atoms with Crippen molar-refractivity contribution in [1.29, 1.82) is 0 Å². The van der Waals surface area contributed by atoms with Gasteiger partial charge in [0.25, 0.3) is 5.91 Å². The predicted molar refractivity (Wildman–Crippen MR) is 117 cm³/mol. The molecule has 10 nitrogen and oxygen atoms in total. The number of imide groups is 1. The molecular formula is C22H25N7O3. The van der Waals surface area contributed by atoms with Gasteiger partial charge in [-0.1, -0.05) is 12.1 Å². The van der Waals surface area contributed by atoms with Crippen molar-refractivity contribution in [3.8, 4) is 0 Å². The Bertz CT molecular complexity index is 1050. The van der Waals surface area contributed by atoms with Gasteiger partial charge in [0.05, 0.1) is 12.4 Å². The summed E-state index contributed by atoms with van der Waals surface area (Å²) < 4.78 is 0. The first kappa shape index (κ1) is 20.4. The van der Waals surface area contributed by atoms with Crippen LogP contribution < -0.4 is 20.9 Å². The summed E-state index contributed by atoms with van der Waals surface area (Å²) in [5.41, 5.74) is 2.51. The summed E-state index contributed by atoms with van der Waals surface area (Å²) in [5.74, 6) is 0.718. The number of benzene rings is 1. The van der Waals surface area contributed by atoms with E-state index in [1.54, 1.807) is 23.4 Å². The van der Waals surface area contributed by atoms with Gasteiger partial charge in [-0.15, -0.1) is 0 Å². The molecule has 1 aromatic heterocycles. The van der Waals surface area contributed by atoms with Gasteiger partial charge in [-0.2, -0.15) is 0 Å². The molecule has 0 spiro atoms. The SMILES string of the molecule is O=C1CCC(N2Cc3cc(CNc4cnc(N5CCNCC5)cn4)ccc3C2=O)C(=O)N1. The second-order valence-corrected chi connectivity index (χ2v) is 8.24. The van der Waals surface area contributed by atoms with Crippen LogP contribution in [0.15, 0.2) is 30.6 Å². The van der Waals surface area contributed by atoms with E-state index in [1.807, 2.05) is 12.1 Å². The zero-order valence-corrected chi connectivity index (χ0v) is 17.6. The number of nitrogens with one attached hydrogen (secondary N) is 3. The number of hydrogen-bond donors (Lipinski definition) is 3. The highest BCUT2D eigenvalue weighted by molar-refractivity contribution is 6.05. The number of fused-ring (bicyclic) bond motifs is 1. The van der Waals surface area contributed by atoms with E-state index < -0.39 is 11.9 Å². The lowest BCUT2D eigenvalue weighted by atomic mass is 10.0. The van der Waals surface area contributed by atoms with Crippen molar-refractivity contribution in [3.63, 3.8) is 0 Å². The van der Waals surface area contributed by atoms with Crippen molar-refractivity contribution in [2.45, 2.75) is 32.0 Å². The van der Waals surface area contributed by atoms with Crippen molar-refractivity contribution in [2.75, 3.05) is 36.4 Å². The lowest BCUT2D eigenvalue weighted by Gasteiger charge is -2.29.